The van der Waals surface area contributed by atoms with Crippen LogP contribution in [0.15, 0.2) is 54.6 Å². The molecule has 1 atom stereocenters. The highest BCUT2D eigenvalue weighted by molar-refractivity contribution is 6.31. The van der Waals surface area contributed by atoms with Gasteiger partial charge in [-0.15, -0.1) is 0 Å². The molecule has 0 aromatic heterocycles. The molecule has 0 fully saturated rings. The van der Waals surface area contributed by atoms with Gasteiger partial charge in [0.1, 0.15) is 12.6 Å². The lowest BCUT2D eigenvalue weighted by atomic mass is 9.98. The number of hydrogen-bond donors (Lipinski definition) is 2. The summed E-state index contributed by atoms with van der Waals surface area (Å²) in [6.07, 6.45) is -7.29. The van der Waals surface area contributed by atoms with E-state index in [9.17, 15) is 36.6 Å². The molecule has 0 radical (unpaired) electrons. The van der Waals surface area contributed by atoms with E-state index in [0.29, 0.717) is 0 Å². The number of aliphatic carboxylic acids is 1. The van der Waals surface area contributed by atoms with Gasteiger partial charge in [0.25, 0.3) is 0 Å². The van der Waals surface area contributed by atoms with E-state index in [-0.39, 0.29) is 18.6 Å². The Morgan fingerprint density at radius 3 is 2.08 bits per heavy atom. The van der Waals surface area contributed by atoms with Crippen molar-refractivity contribution in [2.75, 3.05) is 6.61 Å². The van der Waals surface area contributed by atoms with Crippen molar-refractivity contribution in [2.24, 2.45) is 0 Å². The van der Waals surface area contributed by atoms with E-state index >= 15 is 0 Å². The number of carboxylic acid groups (broad SMARTS) is 1. The maximum atomic E-state index is 14.4. The van der Waals surface area contributed by atoms with E-state index in [0.717, 1.165) is 22.3 Å². The topological polar surface area (TPSA) is 75.6 Å². The summed E-state index contributed by atoms with van der Waals surface area (Å²) in [6.45, 7) is -0.143. The van der Waals surface area contributed by atoms with Crippen molar-refractivity contribution in [3.63, 3.8) is 0 Å². The Kier molecular flexibility index (Phi) is 6.90. The number of nitrogens with one attached hydrogen (secondary N) is 1. The first-order valence-corrected chi connectivity index (χ1v) is 10.9. The minimum Gasteiger partial charge on any atom is -0.480 e. The largest absolute Gasteiger partial charge is 0.480 e. The van der Waals surface area contributed by atoms with Crippen LogP contribution < -0.4 is 5.32 Å². The van der Waals surface area contributed by atoms with Gasteiger partial charge in [-0.05, 0) is 28.3 Å². The van der Waals surface area contributed by atoms with Crippen LogP contribution >= 0.6 is 11.6 Å². The van der Waals surface area contributed by atoms with E-state index in [4.69, 9.17) is 16.3 Å². The minimum absolute atomic E-state index is 0.143. The van der Waals surface area contributed by atoms with Crippen molar-refractivity contribution >= 4 is 23.7 Å². The van der Waals surface area contributed by atoms with Gasteiger partial charge in [0, 0.05) is 22.9 Å². The SMILES string of the molecule is O=C(NC(Cc1c(Cl)cc(C(F)(F)F)c(F)c1F)C(=O)O)OCC1c2ccccc2-c2ccccc21. The number of rotatable bonds is 6. The zero-order chi connectivity index (χ0) is 26.2. The second kappa shape index (κ2) is 9.77. The van der Waals surface area contributed by atoms with Gasteiger partial charge in [0.05, 0.1) is 5.56 Å². The molecule has 1 aliphatic carbocycles. The van der Waals surface area contributed by atoms with E-state index in [1.54, 1.807) is 0 Å². The number of benzene rings is 3. The fourth-order valence-electron chi connectivity index (χ4n) is 4.21. The Labute approximate surface area is 206 Å². The maximum Gasteiger partial charge on any atom is 0.419 e. The van der Waals surface area contributed by atoms with Crippen LogP contribution in [0.2, 0.25) is 5.02 Å². The van der Waals surface area contributed by atoms with Gasteiger partial charge in [0.15, 0.2) is 11.6 Å². The fraction of sp³-hybridized carbons (Fsp3) is 0.200. The average molecular weight is 526 g/mol. The van der Waals surface area contributed by atoms with Crippen LogP contribution in [0.25, 0.3) is 11.1 Å². The molecule has 1 aliphatic rings. The molecule has 2 N–H and O–H groups in total. The molecule has 188 valence electrons. The van der Waals surface area contributed by atoms with Crippen LogP contribution in [0, 0.1) is 11.6 Å². The van der Waals surface area contributed by atoms with Crippen LogP contribution in [-0.2, 0) is 22.1 Å². The number of alkyl carbamates (subject to hydrolysis) is 1. The van der Waals surface area contributed by atoms with Crippen molar-refractivity contribution in [3.05, 3.63) is 93.5 Å². The third kappa shape index (κ3) is 4.86. The van der Waals surface area contributed by atoms with Gasteiger partial charge in [-0.25, -0.2) is 18.4 Å². The molecule has 0 bridgehead atoms. The first-order chi connectivity index (χ1) is 17.0. The molecule has 0 heterocycles. The molecule has 11 heteroatoms. The molecule has 4 rings (SSSR count). The van der Waals surface area contributed by atoms with Crippen LogP contribution in [0.1, 0.15) is 28.2 Å². The molecule has 3 aromatic rings. The Hall–Kier alpha value is -3.66. The van der Waals surface area contributed by atoms with Gasteiger partial charge >= 0.3 is 18.2 Å². The number of carbonyl (C=O) groups is 2. The lowest BCUT2D eigenvalue weighted by Crippen LogP contribution is -2.43. The molecular weight excluding hydrogens is 509 g/mol. The molecule has 36 heavy (non-hydrogen) atoms. The summed E-state index contributed by atoms with van der Waals surface area (Å²) in [5.74, 6) is -6.14. The lowest BCUT2D eigenvalue weighted by Gasteiger charge is -2.19. The number of ether oxygens (including phenoxy) is 1. The first kappa shape index (κ1) is 25.4. The standard InChI is InChI=1S/C25H17ClF5NO4/c26-19-10-18(25(29,30)31)22(28)21(27)16(19)9-20(23(33)34)32-24(35)36-11-17-14-7-3-1-5-12(14)13-6-2-4-8-15(13)17/h1-8,10,17,20H,9,11H2,(H,32,35)(H,33,34). The van der Waals surface area contributed by atoms with Crippen LogP contribution in [-0.4, -0.2) is 29.8 Å². The number of hydrogen-bond acceptors (Lipinski definition) is 3. The van der Waals surface area contributed by atoms with Gasteiger partial charge < -0.3 is 15.2 Å². The van der Waals surface area contributed by atoms with E-state index in [2.05, 4.69) is 0 Å². The monoisotopic (exact) mass is 525 g/mol. The summed E-state index contributed by atoms with van der Waals surface area (Å²) >= 11 is 5.70. The van der Waals surface area contributed by atoms with Crippen molar-refractivity contribution in [1.82, 2.24) is 5.32 Å². The molecule has 0 aliphatic heterocycles. The van der Waals surface area contributed by atoms with Crippen molar-refractivity contribution < 1.29 is 41.4 Å². The van der Waals surface area contributed by atoms with Crippen molar-refractivity contribution in [1.29, 1.82) is 0 Å². The highest BCUT2D eigenvalue weighted by Crippen LogP contribution is 2.44. The van der Waals surface area contributed by atoms with Crippen molar-refractivity contribution in [2.45, 2.75) is 24.6 Å². The van der Waals surface area contributed by atoms with Gasteiger partial charge in [0.2, 0.25) is 0 Å². The Morgan fingerprint density at radius 2 is 1.56 bits per heavy atom. The quantitative estimate of drug-likeness (QED) is 0.298. The normalized spacial score (nSPS) is 13.6. The minimum atomic E-state index is -5.21. The fourth-order valence-corrected chi connectivity index (χ4v) is 4.48. The summed E-state index contributed by atoms with van der Waals surface area (Å²) in [6, 6.07) is 13.3. The molecule has 0 spiro atoms. The Morgan fingerprint density at radius 1 is 1.00 bits per heavy atom. The van der Waals surface area contributed by atoms with Gasteiger partial charge in [-0.3, -0.25) is 0 Å². The highest BCUT2D eigenvalue weighted by atomic mass is 35.5. The molecular formula is C25H17ClF5NO4. The van der Waals surface area contributed by atoms with Crippen LogP contribution in [0.5, 0.6) is 0 Å². The molecule has 0 saturated heterocycles. The zero-order valence-electron chi connectivity index (χ0n) is 18.2. The van der Waals surface area contributed by atoms with Gasteiger partial charge in [-0.2, -0.15) is 13.2 Å². The van der Waals surface area contributed by atoms with E-state index in [1.807, 2.05) is 53.8 Å². The molecule has 1 unspecified atom stereocenters. The second-order valence-corrected chi connectivity index (χ2v) is 8.48. The highest BCUT2D eigenvalue weighted by Gasteiger charge is 2.38. The summed E-state index contributed by atoms with van der Waals surface area (Å²) in [5.41, 5.74) is 1.02. The first-order valence-electron chi connectivity index (χ1n) is 10.6. The number of amides is 1. The number of carbonyl (C=O) groups excluding carboxylic acids is 1. The summed E-state index contributed by atoms with van der Waals surface area (Å²) < 4.78 is 72.2. The van der Waals surface area contributed by atoms with E-state index in [1.165, 1.54) is 0 Å². The Bertz CT molecular complexity index is 1300. The smallest absolute Gasteiger partial charge is 0.419 e. The van der Waals surface area contributed by atoms with Crippen LogP contribution in [0.3, 0.4) is 0 Å². The second-order valence-electron chi connectivity index (χ2n) is 8.08. The van der Waals surface area contributed by atoms with Crippen molar-refractivity contribution in [3.8, 4) is 11.1 Å². The Balaban J connectivity index is 1.49. The zero-order valence-corrected chi connectivity index (χ0v) is 19.0. The third-order valence-electron chi connectivity index (χ3n) is 5.90. The number of fused-ring (bicyclic) bond motifs is 3. The average Bonchev–Trinajstić information content (AvgIpc) is 3.15. The van der Waals surface area contributed by atoms with Gasteiger partial charge in [-0.1, -0.05) is 60.1 Å². The summed E-state index contributed by atoms with van der Waals surface area (Å²) in [5, 5.41) is 10.6. The maximum absolute atomic E-state index is 14.4. The molecule has 5 nitrogen and oxygen atoms in total. The molecule has 0 saturated carbocycles. The number of halogens is 6. The third-order valence-corrected chi connectivity index (χ3v) is 6.24. The molecule has 1 amide bonds. The van der Waals surface area contributed by atoms with Crippen LogP contribution in [0.4, 0.5) is 26.7 Å². The predicted molar refractivity (Wildman–Crippen MR) is 120 cm³/mol. The summed E-state index contributed by atoms with van der Waals surface area (Å²) in [7, 11) is 0. The lowest BCUT2D eigenvalue weighted by molar-refractivity contribution is -0.141. The molecule has 3 aromatic carbocycles. The number of carboxylic acids is 1. The van der Waals surface area contributed by atoms with E-state index < -0.39 is 58.5 Å². The summed E-state index contributed by atoms with van der Waals surface area (Å²) in [4.78, 5) is 24.1. The predicted octanol–water partition coefficient (Wildman–Crippen LogP) is 6.17. The number of alkyl halides is 3.